The second kappa shape index (κ2) is 11.1. The lowest BCUT2D eigenvalue weighted by atomic mass is 10.1. The lowest BCUT2D eigenvalue weighted by molar-refractivity contribution is -0.122. The second-order valence-corrected chi connectivity index (χ2v) is 9.16. The SMILES string of the molecule is Cc1ccc(/C=C2\SC(=S)N(CCCCCC(=O)Nc3ccc(C(=O)O)cc3)C2=O)cc1. The fraction of sp³-hybridized carbons (Fsp3) is 0.250. The van der Waals surface area contributed by atoms with E-state index in [0.717, 1.165) is 18.4 Å². The van der Waals surface area contributed by atoms with Crippen molar-refractivity contribution in [3.05, 3.63) is 70.1 Å². The van der Waals surface area contributed by atoms with Gasteiger partial charge in [-0.2, -0.15) is 0 Å². The summed E-state index contributed by atoms with van der Waals surface area (Å²) in [5.74, 6) is -1.20. The summed E-state index contributed by atoms with van der Waals surface area (Å²) in [6.45, 7) is 2.56. The Morgan fingerprint density at radius 3 is 2.41 bits per heavy atom. The summed E-state index contributed by atoms with van der Waals surface area (Å²) in [6.07, 6.45) is 4.45. The molecular weight excluding hydrogens is 444 g/mol. The second-order valence-electron chi connectivity index (χ2n) is 7.49. The maximum Gasteiger partial charge on any atom is 0.335 e. The van der Waals surface area contributed by atoms with E-state index >= 15 is 0 Å². The Hall–Kier alpha value is -2.97. The number of benzene rings is 2. The summed E-state index contributed by atoms with van der Waals surface area (Å²) in [7, 11) is 0. The molecule has 0 spiro atoms. The number of aromatic carboxylic acids is 1. The zero-order valence-electron chi connectivity index (χ0n) is 17.7. The molecule has 1 heterocycles. The highest BCUT2D eigenvalue weighted by atomic mass is 32.2. The molecule has 0 bridgehead atoms. The first-order valence-corrected chi connectivity index (χ1v) is 11.5. The van der Waals surface area contributed by atoms with Crippen LogP contribution in [0.4, 0.5) is 5.69 Å². The molecule has 3 rings (SSSR count). The van der Waals surface area contributed by atoms with Crippen LogP contribution in [0, 0.1) is 6.92 Å². The van der Waals surface area contributed by atoms with Crippen LogP contribution in [0.5, 0.6) is 0 Å². The molecule has 0 aliphatic carbocycles. The van der Waals surface area contributed by atoms with Crippen molar-refractivity contribution < 1.29 is 19.5 Å². The van der Waals surface area contributed by atoms with Crippen molar-refractivity contribution in [1.82, 2.24) is 4.90 Å². The van der Waals surface area contributed by atoms with Crippen LogP contribution in [0.15, 0.2) is 53.4 Å². The highest BCUT2D eigenvalue weighted by molar-refractivity contribution is 8.26. The van der Waals surface area contributed by atoms with Gasteiger partial charge >= 0.3 is 5.97 Å². The Labute approximate surface area is 196 Å². The Morgan fingerprint density at radius 1 is 1.06 bits per heavy atom. The van der Waals surface area contributed by atoms with Crippen LogP contribution < -0.4 is 5.32 Å². The number of amides is 2. The molecule has 0 radical (unpaired) electrons. The van der Waals surface area contributed by atoms with Crippen LogP contribution >= 0.6 is 24.0 Å². The Balaban J connectivity index is 1.40. The van der Waals surface area contributed by atoms with Gasteiger partial charge in [-0.1, -0.05) is 60.2 Å². The molecule has 0 unspecified atom stereocenters. The molecule has 8 heteroatoms. The lowest BCUT2D eigenvalue weighted by Crippen LogP contribution is -2.29. The molecule has 2 aromatic carbocycles. The van der Waals surface area contributed by atoms with Gasteiger partial charge in [-0.15, -0.1) is 0 Å². The van der Waals surface area contributed by atoms with Crippen molar-refractivity contribution in [3.63, 3.8) is 0 Å². The zero-order valence-corrected chi connectivity index (χ0v) is 19.3. The van der Waals surface area contributed by atoms with Gasteiger partial charge in [0.25, 0.3) is 5.91 Å². The van der Waals surface area contributed by atoms with Crippen LogP contribution in [0.25, 0.3) is 6.08 Å². The molecule has 6 nitrogen and oxygen atoms in total. The van der Waals surface area contributed by atoms with Gasteiger partial charge in [-0.3, -0.25) is 14.5 Å². The molecule has 0 saturated carbocycles. The largest absolute Gasteiger partial charge is 0.478 e. The van der Waals surface area contributed by atoms with Crippen molar-refractivity contribution >= 4 is 57.8 Å². The van der Waals surface area contributed by atoms with Gasteiger partial charge in [-0.05, 0) is 55.7 Å². The summed E-state index contributed by atoms with van der Waals surface area (Å²) in [4.78, 5) is 37.9. The van der Waals surface area contributed by atoms with Crippen LogP contribution in [0.3, 0.4) is 0 Å². The highest BCUT2D eigenvalue weighted by Crippen LogP contribution is 2.32. The number of hydrogen-bond acceptors (Lipinski definition) is 5. The van der Waals surface area contributed by atoms with E-state index in [4.69, 9.17) is 17.3 Å². The number of carboxylic acids is 1. The number of hydrogen-bond donors (Lipinski definition) is 2. The van der Waals surface area contributed by atoms with Crippen LogP contribution in [-0.2, 0) is 9.59 Å². The van der Waals surface area contributed by atoms with E-state index < -0.39 is 5.97 Å². The van der Waals surface area contributed by atoms with Gasteiger partial charge in [0.1, 0.15) is 4.32 Å². The minimum Gasteiger partial charge on any atom is -0.478 e. The van der Waals surface area contributed by atoms with Crippen LogP contribution in [0.1, 0.15) is 47.2 Å². The van der Waals surface area contributed by atoms with E-state index in [1.54, 1.807) is 17.0 Å². The molecule has 2 N–H and O–H groups in total. The van der Waals surface area contributed by atoms with Crippen molar-refractivity contribution in [2.75, 3.05) is 11.9 Å². The number of thioether (sulfide) groups is 1. The van der Waals surface area contributed by atoms with Gasteiger partial charge in [0.15, 0.2) is 0 Å². The Bertz CT molecular complexity index is 1050. The third-order valence-corrected chi connectivity index (χ3v) is 6.33. The summed E-state index contributed by atoms with van der Waals surface area (Å²) in [5.41, 5.74) is 2.88. The average molecular weight is 469 g/mol. The molecule has 1 aliphatic rings. The van der Waals surface area contributed by atoms with Crippen molar-refractivity contribution in [2.24, 2.45) is 0 Å². The molecule has 0 atom stereocenters. The lowest BCUT2D eigenvalue weighted by Gasteiger charge is -2.14. The summed E-state index contributed by atoms with van der Waals surface area (Å²) in [5, 5.41) is 11.7. The first-order chi connectivity index (χ1) is 15.3. The number of thiocarbonyl (C=S) groups is 1. The van der Waals surface area contributed by atoms with Crippen LogP contribution in [-0.4, -0.2) is 38.7 Å². The summed E-state index contributed by atoms with van der Waals surface area (Å²) in [6, 6.07) is 14.0. The van der Waals surface area contributed by atoms with E-state index in [1.165, 1.54) is 29.5 Å². The van der Waals surface area contributed by atoms with Crippen LogP contribution in [0.2, 0.25) is 0 Å². The minimum atomic E-state index is -1.00. The average Bonchev–Trinajstić information content (AvgIpc) is 3.02. The van der Waals surface area contributed by atoms with E-state index in [0.29, 0.717) is 34.3 Å². The topological polar surface area (TPSA) is 86.7 Å². The predicted octanol–water partition coefficient (Wildman–Crippen LogP) is 5.09. The molecule has 1 fully saturated rings. The van der Waals surface area contributed by atoms with Gasteiger partial charge < -0.3 is 10.4 Å². The number of aryl methyl sites for hydroxylation is 1. The number of carboxylic acid groups (broad SMARTS) is 1. The molecule has 0 aromatic heterocycles. The molecule has 2 aromatic rings. The first-order valence-electron chi connectivity index (χ1n) is 10.3. The number of rotatable bonds is 9. The molecule has 32 heavy (non-hydrogen) atoms. The monoisotopic (exact) mass is 468 g/mol. The molecule has 1 aliphatic heterocycles. The first kappa shape index (κ1) is 23.7. The number of nitrogens with one attached hydrogen (secondary N) is 1. The quantitative estimate of drug-likeness (QED) is 0.303. The zero-order chi connectivity index (χ0) is 23.1. The van der Waals surface area contributed by atoms with Gasteiger partial charge in [-0.25, -0.2) is 4.79 Å². The van der Waals surface area contributed by atoms with Gasteiger partial charge in [0.05, 0.1) is 10.5 Å². The fourth-order valence-electron chi connectivity index (χ4n) is 3.16. The third-order valence-electron chi connectivity index (χ3n) is 4.95. The number of nitrogens with zero attached hydrogens (tertiary/aromatic N) is 1. The summed E-state index contributed by atoms with van der Waals surface area (Å²) >= 11 is 6.70. The standard InChI is InChI=1S/C24H24N2O4S2/c1-16-6-8-17(9-7-16)15-20-22(28)26(24(31)32-20)14-4-2-3-5-21(27)25-19-12-10-18(11-13-19)23(29)30/h6-13,15H,2-5,14H2,1H3,(H,25,27)(H,29,30)/b20-15-. The van der Waals surface area contributed by atoms with E-state index in [-0.39, 0.29) is 17.4 Å². The number of carbonyl (C=O) groups excluding carboxylic acids is 2. The smallest absolute Gasteiger partial charge is 0.335 e. The van der Waals surface area contributed by atoms with Crippen molar-refractivity contribution in [3.8, 4) is 0 Å². The molecule has 166 valence electrons. The minimum absolute atomic E-state index is 0.0666. The van der Waals surface area contributed by atoms with Crippen molar-refractivity contribution in [1.29, 1.82) is 0 Å². The van der Waals surface area contributed by atoms with Gasteiger partial charge in [0.2, 0.25) is 5.91 Å². The maximum absolute atomic E-state index is 12.7. The highest BCUT2D eigenvalue weighted by Gasteiger charge is 2.31. The normalized spacial score (nSPS) is 14.8. The number of carbonyl (C=O) groups is 3. The fourth-order valence-corrected chi connectivity index (χ4v) is 4.47. The number of unbranched alkanes of at least 4 members (excludes halogenated alkanes) is 2. The number of anilines is 1. The maximum atomic E-state index is 12.7. The molecular formula is C24H24N2O4S2. The van der Waals surface area contributed by atoms with Crippen molar-refractivity contribution in [2.45, 2.75) is 32.6 Å². The molecule has 2 amide bonds. The summed E-state index contributed by atoms with van der Waals surface area (Å²) < 4.78 is 0.566. The predicted molar refractivity (Wildman–Crippen MR) is 132 cm³/mol. The third kappa shape index (κ3) is 6.51. The molecule has 1 saturated heterocycles. The Morgan fingerprint density at radius 2 is 1.75 bits per heavy atom. The van der Waals surface area contributed by atoms with Gasteiger partial charge in [0, 0.05) is 18.7 Å². The van der Waals surface area contributed by atoms with E-state index in [9.17, 15) is 14.4 Å². The Kier molecular flexibility index (Phi) is 8.19. The van der Waals surface area contributed by atoms with E-state index in [2.05, 4.69) is 5.32 Å². The van der Waals surface area contributed by atoms with E-state index in [1.807, 2.05) is 37.3 Å².